The molecule has 0 spiro atoms. The first kappa shape index (κ1) is 19.9. The van der Waals surface area contributed by atoms with Gasteiger partial charge in [-0.2, -0.15) is 0 Å². The third-order valence-corrected chi connectivity index (χ3v) is 5.67. The van der Waals surface area contributed by atoms with E-state index in [1.807, 2.05) is 27.8 Å². The average Bonchev–Trinajstić information content (AvgIpc) is 3.17. The lowest BCUT2D eigenvalue weighted by molar-refractivity contribution is 0.0671. The minimum Gasteiger partial charge on any atom is -0.408 e. The minimum absolute atomic E-state index is 0.0319. The third-order valence-electron chi connectivity index (χ3n) is 5.67. The molecule has 3 aromatic heterocycles. The first-order valence-electron chi connectivity index (χ1n) is 10.2. The van der Waals surface area contributed by atoms with Crippen molar-refractivity contribution in [3.05, 3.63) is 48.0 Å². The van der Waals surface area contributed by atoms with Crippen LogP contribution in [-0.2, 0) is 0 Å². The second kappa shape index (κ2) is 8.14. The van der Waals surface area contributed by atoms with Gasteiger partial charge < -0.3 is 15.4 Å². The van der Waals surface area contributed by atoms with E-state index < -0.39 is 6.09 Å². The lowest BCUT2D eigenvalue weighted by Gasteiger charge is -2.32. The highest BCUT2D eigenvalue weighted by atomic mass is 16.5. The van der Waals surface area contributed by atoms with Crippen LogP contribution >= 0.6 is 0 Å². The molecule has 0 radical (unpaired) electrons. The topological polar surface area (TPSA) is 103 Å². The van der Waals surface area contributed by atoms with Crippen LogP contribution in [0.5, 0.6) is 5.75 Å². The molecule has 2 N–H and O–H groups in total. The van der Waals surface area contributed by atoms with Crippen LogP contribution in [0.2, 0.25) is 0 Å². The Morgan fingerprint density at radius 2 is 2.10 bits per heavy atom. The number of primary amides is 1. The van der Waals surface area contributed by atoms with E-state index in [-0.39, 0.29) is 5.91 Å². The molecule has 8 heteroatoms. The molecule has 3 aromatic rings. The molecule has 1 fully saturated rings. The summed E-state index contributed by atoms with van der Waals surface area (Å²) >= 11 is 0. The minimum atomic E-state index is -0.890. The van der Waals surface area contributed by atoms with Crippen LogP contribution in [0.15, 0.2) is 36.8 Å². The van der Waals surface area contributed by atoms with Crippen LogP contribution in [0.3, 0.4) is 0 Å². The number of hydrogen-bond donors (Lipinski definition) is 1. The number of nitrogens with two attached hydrogens (primary N) is 1. The molecule has 1 aliphatic heterocycles. The second-order valence-electron chi connectivity index (χ2n) is 7.69. The number of fused-ring (bicyclic) bond motifs is 1. The number of aryl methyl sites for hydroxylation is 1. The van der Waals surface area contributed by atoms with Gasteiger partial charge in [0, 0.05) is 36.9 Å². The summed E-state index contributed by atoms with van der Waals surface area (Å²) < 4.78 is 6.86. The number of hydrogen-bond acceptors (Lipinski definition) is 5. The summed E-state index contributed by atoms with van der Waals surface area (Å²) in [7, 11) is 0. The van der Waals surface area contributed by atoms with Crippen LogP contribution in [0.1, 0.15) is 42.2 Å². The Labute approximate surface area is 174 Å². The monoisotopic (exact) mass is 407 g/mol. The van der Waals surface area contributed by atoms with E-state index in [0.29, 0.717) is 34.3 Å². The summed E-state index contributed by atoms with van der Waals surface area (Å²) in [5.74, 6) is 0.903. The zero-order valence-corrected chi connectivity index (χ0v) is 17.2. The Kier molecular flexibility index (Phi) is 5.39. The van der Waals surface area contributed by atoms with Crippen molar-refractivity contribution in [2.24, 2.45) is 11.7 Å². The molecule has 1 saturated heterocycles. The van der Waals surface area contributed by atoms with Crippen molar-refractivity contribution in [1.82, 2.24) is 19.4 Å². The van der Waals surface area contributed by atoms with E-state index in [9.17, 15) is 9.59 Å². The number of aromatic nitrogens is 3. The summed E-state index contributed by atoms with van der Waals surface area (Å²) in [6, 6.07) is 5.46. The molecular formula is C22H25N5O3. The van der Waals surface area contributed by atoms with E-state index >= 15 is 0 Å². The largest absolute Gasteiger partial charge is 0.410 e. The Balaban J connectivity index is 1.63. The number of pyridine rings is 2. The van der Waals surface area contributed by atoms with Crippen LogP contribution in [-0.4, -0.2) is 44.5 Å². The van der Waals surface area contributed by atoms with Gasteiger partial charge in [0.05, 0.1) is 23.1 Å². The molecule has 0 aliphatic carbocycles. The maximum Gasteiger partial charge on any atom is 0.410 e. The fourth-order valence-corrected chi connectivity index (χ4v) is 3.96. The van der Waals surface area contributed by atoms with Gasteiger partial charge in [0.15, 0.2) is 5.75 Å². The molecule has 0 bridgehead atoms. The van der Waals surface area contributed by atoms with Crippen molar-refractivity contribution in [2.45, 2.75) is 33.1 Å². The van der Waals surface area contributed by atoms with E-state index in [1.165, 1.54) is 6.42 Å². The van der Waals surface area contributed by atoms with Crippen molar-refractivity contribution < 1.29 is 14.3 Å². The van der Waals surface area contributed by atoms with Gasteiger partial charge in [-0.15, -0.1) is 0 Å². The van der Waals surface area contributed by atoms with Crippen LogP contribution < -0.4 is 10.5 Å². The molecule has 0 saturated carbocycles. The van der Waals surface area contributed by atoms with Crippen LogP contribution in [0.25, 0.3) is 16.7 Å². The first-order valence-corrected chi connectivity index (χ1v) is 10.2. The van der Waals surface area contributed by atoms with Gasteiger partial charge in [0.2, 0.25) is 0 Å². The Hall–Kier alpha value is -3.42. The summed E-state index contributed by atoms with van der Waals surface area (Å²) in [5.41, 5.74) is 7.65. The van der Waals surface area contributed by atoms with Gasteiger partial charge in [0.25, 0.3) is 5.91 Å². The highest BCUT2D eigenvalue weighted by Crippen LogP contribution is 2.25. The van der Waals surface area contributed by atoms with E-state index in [1.54, 1.807) is 25.4 Å². The van der Waals surface area contributed by atoms with Crippen molar-refractivity contribution in [2.75, 3.05) is 13.1 Å². The lowest BCUT2D eigenvalue weighted by atomic mass is 9.95. The number of ether oxygens (including phenoxy) is 1. The maximum absolute atomic E-state index is 13.0. The fourth-order valence-electron chi connectivity index (χ4n) is 3.96. The van der Waals surface area contributed by atoms with Crippen molar-refractivity contribution in [3.8, 4) is 11.4 Å². The maximum atomic E-state index is 13.0. The summed E-state index contributed by atoms with van der Waals surface area (Å²) in [6.07, 6.45) is 7.58. The van der Waals surface area contributed by atoms with Crippen LogP contribution in [0, 0.1) is 12.8 Å². The molecule has 0 unspecified atom stereocenters. The quantitative estimate of drug-likeness (QED) is 0.713. The van der Waals surface area contributed by atoms with Gasteiger partial charge in [-0.1, -0.05) is 13.3 Å². The van der Waals surface area contributed by atoms with E-state index in [2.05, 4.69) is 16.9 Å². The highest BCUT2D eigenvalue weighted by Gasteiger charge is 2.24. The molecule has 2 amide bonds. The van der Waals surface area contributed by atoms with Crippen molar-refractivity contribution in [3.63, 3.8) is 0 Å². The smallest absolute Gasteiger partial charge is 0.408 e. The molecule has 30 heavy (non-hydrogen) atoms. The number of rotatable bonds is 4. The zero-order valence-electron chi connectivity index (χ0n) is 17.2. The predicted molar refractivity (Wildman–Crippen MR) is 113 cm³/mol. The number of nitrogens with zero attached hydrogens (tertiary/aromatic N) is 4. The molecule has 0 aromatic carbocycles. The second-order valence-corrected chi connectivity index (χ2v) is 7.69. The molecule has 1 atom stereocenters. The number of carbonyl (C=O) groups excluding carboxylic acids is 2. The Morgan fingerprint density at radius 3 is 2.87 bits per heavy atom. The molecule has 8 nitrogen and oxygen atoms in total. The average molecular weight is 407 g/mol. The van der Waals surface area contributed by atoms with Gasteiger partial charge in [-0.05, 0) is 37.8 Å². The number of amides is 2. The number of piperidine rings is 1. The van der Waals surface area contributed by atoms with Crippen molar-refractivity contribution >= 4 is 23.0 Å². The molecule has 156 valence electrons. The summed E-state index contributed by atoms with van der Waals surface area (Å²) in [5, 5.41) is 0.850. The van der Waals surface area contributed by atoms with Crippen LogP contribution in [0.4, 0.5) is 4.79 Å². The van der Waals surface area contributed by atoms with Crippen molar-refractivity contribution in [1.29, 1.82) is 0 Å². The first-order chi connectivity index (χ1) is 14.5. The molecular weight excluding hydrogens is 382 g/mol. The number of carbonyl (C=O) groups is 2. The summed E-state index contributed by atoms with van der Waals surface area (Å²) in [4.78, 5) is 34.8. The van der Waals surface area contributed by atoms with E-state index in [0.717, 1.165) is 31.3 Å². The van der Waals surface area contributed by atoms with Gasteiger partial charge in [0.1, 0.15) is 5.65 Å². The fraction of sp³-hybridized carbons (Fsp3) is 0.364. The lowest BCUT2D eigenvalue weighted by Crippen LogP contribution is -2.39. The molecule has 1 aliphatic rings. The highest BCUT2D eigenvalue weighted by molar-refractivity contribution is 5.97. The summed E-state index contributed by atoms with van der Waals surface area (Å²) in [6.45, 7) is 5.52. The van der Waals surface area contributed by atoms with Gasteiger partial charge in [-0.3, -0.25) is 14.3 Å². The Bertz CT molecular complexity index is 1110. The predicted octanol–water partition coefficient (Wildman–Crippen LogP) is 3.45. The molecule has 4 heterocycles. The van der Waals surface area contributed by atoms with E-state index in [4.69, 9.17) is 10.5 Å². The Morgan fingerprint density at radius 1 is 1.27 bits per heavy atom. The van der Waals surface area contributed by atoms with Gasteiger partial charge >= 0.3 is 6.09 Å². The SMILES string of the molecule is CC[C@H]1CCCN(C(=O)c2cnc3c(ccn3-c3cnc(C)c(OC(N)=O)c3)c2)C1. The standard InChI is InChI=1S/C22H25N5O3/c1-3-15-5-4-7-26(13-15)21(28)17-9-16-6-8-27(20(16)25-11-17)18-10-19(30-22(23)29)14(2)24-12-18/h6,8-12,15H,3-5,7,13H2,1-2H3,(H2,23,29)/t15-/m0/s1. The molecule has 4 rings (SSSR count). The zero-order chi connectivity index (χ0) is 21.3. The van der Waals surface area contributed by atoms with Gasteiger partial charge in [-0.25, -0.2) is 9.78 Å². The normalized spacial score (nSPS) is 16.6. The number of likely N-dealkylation sites (tertiary alicyclic amines) is 1. The third kappa shape index (κ3) is 3.85.